The first-order chi connectivity index (χ1) is 7.20. The number of nitrogens with zero attached hydrogens (tertiary/aromatic N) is 1. The molecule has 0 unspecified atom stereocenters. The Bertz CT molecular complexity index is 273. The Morgan fingerprint density at radius 3 is 2.07 bits per heavy atom. The van der Waals surface area contributed by atoms with Gasteiger partial charge >= 0.3 is 5.97 Å². The Morgan fingerprint density at radius 2 is 1.60 bits per heavy atom. The molecular weight excluding hydrogens is 194 g/mol. The molecule has 0 aromatic rings. The van der Waals surface area contributed by atoms with Gasteiger partial charge in [0.1, 0.15) is 0 Å². The van der Waals surface area contributed by atoms with E-state index in [0.29, 0.717) is 6.42 Å². The van der Waals surface area contributed by atoms with Crippen LogP contribution in [0.15, 0.2) is 0 Å². The predicted octanol–water partition coefficient (Wildman–Crippen LogP) is 1.11. The van der Waals surface area contributed by atoms with Crippen molar-refractivity contribution in [1.29, 1.82) is 0 Å². The van der Waals surface area contributed by atoms with Crippen LogP contribution in [0.25, 0.3) is 0 Å². The Morgan fingerprint density at radius 1 is 1.00 bits per heavy atom. The molecule has 4 heteroatoms. The summed E-state index contributed by atoms with van der Waals surface area (Å²) in [6, 6.07) is 0. The molecule has 1 saturated carbocycles. The quantitative estimate of drug-likeness (QED) is 0.744. The van der Waals surface area contributed by atoms with Crippen LogP contribution in [0.5, 0.6) is 0 Å². The van der Waals surface area contributed by atoms with Crippen LogP contribution in [-0.4, -0.2) is 35.0 Å². The summed E-state index contributed by atoms with van der Waals surface area (Å²) in [7, 11) is 0. The molecule has 0 spiro atoms. The number of likely N-dealkylation sites (tertiary alicyclic amines) is 1. The van der Waals surface area contributed by atoms with E-state index in [1.807, 2.05) is 0 Å². The fourth-order valence-corrected chi connectivity index (χ4v) is 2.49. The largest absolute Gasteiger partial charge is 0.481 e. The van der Waals surface area contributed by atoms with Crippen molar-refractivity contribution in [3.05, 3.63) is 0 Å². The average molecular weight is 211 g/mol. The molecule has 4 nitrogen and oxygen atoms in total. The van der Waals surface area contributed by atoms with Crippen molar-refractivity contribution >= 4 is 11.9 Å². The maximum absolute atomic E-state index is 12.0. The van der Waals surface area contributed by atoms with Crippen molar-refractivity contribution in [1.82, 2.24) is 4.90 Å². The summed E-state index contributed by atoms with van der Waals surface area (Å²) in [4.78, 5) is 24.8. The molecule has 1 aliphatic heterocycles. The monoisotopic (exact) mass is 211 g/mol. The first-order valence-corrected chi connectivity index (χ1v) is 5.72. The van der Waals surface area contributed by atoms with E-state index in [9.17, 15) is 9.59 Å². The number of aliphatic carboxylic acids is 1. The van der Waals surface area contributed by atoms with E-state index >= 15 is 0 Å². The van der Waals surface area contributed by atoms with Gasteiger partial charge in [0.15, 0.2) is 0 Å². The molecule has 0 radical (unpaired) electrons. The van der Waals surface area contributed by atoms with Crippen molar-refractivity contribution in [2.75, 3.05) is 13.1 Å². The predicted molar refractivity (Wildman–Crippen MR) is 54.3 cm³/mol. The Labute approximate surface area is 89.3 Å². The zero-order valence-electron chi connectivity index (χ0n) is 8.82. The SMILES string of the molecule is O=C(O)[C@@H]1CCCC[C@@H]1C(=O)N1CCC1. The lowest BCUT2D eigenvalue weighted by molar-refractivity contribution is -0.153. The highest BCUT2D eigenvalue weighted by Crippen LogP contribution is 2.32. The van der Waals surface area contributed by atoms with Crippen LogP contribution in [0.4, 0.5) is 0 Å². The zero-order valence-corrected chi connectivity index (χ0v) is 8.82. The third-order valence-electron chi connectivity index (χ3n) is 3.57. The molecule has 1 N–H and O–H groups in total. The second kappa shape index (κ2) is 4.21. The van der Waals surface area contributed by atoms with Gasteiger partial charge in [-0.3, -0.25) is 9.59 Å². The van der Waals surface area contributed by atoms with E-state index in [4.69, 9.17) is 5.11 Å². The molecule has 2 aliphatic rings. The highest BCUT2D eigenvalue weighted by molar-refractivity contribution is 5.85. The van der Waals surface area contributed by atoms with E-state index in [-0.39, 0.29) is 11.8 Å². The van der Waals surface area contributed by atoms with Gasteiger partial charge < -0.3 is 10.0 Å². The molecule has 2 atom stereocenters. The first-order valence-electron chi connectivity index (χ1n) is 5.72. The molecule has 1 saturated heterocycles. The fourth-order valence-electron chi connectivity index (χ4n) is 2.49. The van der Waals surface area contributed by atoms with Gasteiger partial charge in [0.2, 0.25) is 5.91 Å². The molecule has 15 heavy (non-hydrogen) atoms. The highest BCUT2D eigenvalue weighted by Gasteiger charge is 2.38. The van der Waals surface area contributed by atoms with E-state index in [1.165, 1.54) is 0 Å². The second-order valence-corrected chi connectivity index (χ2v) is 4.51. The molecule has 1 heterocycles. The number of carbonyl (C=O) groups excluding carboxylic acids is 1. The summed E-state index contributed by atoms with van der Waals surface area (Å²) in [5, 5.41) is 9.06. The molecule has 1 amide bonds. The zero-order chi connectivity index (χ0) is 10.8. The number of carboxylic acid groups (broad SMARTS) is 1. The average Bonchev–Trinajstić information content (AvgIpc) is 2.15. The summed E-state index contributed by atoms with van der Waals surface area (Å²) >= 11 is 0. The molecule has 2 fully saturated rings. The lowest BCUT2D eigenvalue weighted by Crippen LogP contribution is -2.48. The van der Waals surface area contributed by atoms with Gasteiger partial charge in [-0.15, -0.1) is 0 Å². The van der Waals surface area contributed by atoms with Gasteiger partial charge in [-0.05, 0) is 19.3 Å². The summed E-state index contributed by atoms with van der Waals surface area (Å²) in [6.07, 6.45) is 4.43. The number of amides is 1. The van der Waals surface area contributed by atoms with Crippen LogP contribution in [0.3, 0.4) is 0 Å². The Balaban J connectivity index is 2.03. The van der Waals surface area contributed by atoms with Crippen LogP contribution in [-0.2, 0) is 9.59 Å². The van der Waals surface area contributed by atoms with E-state index in [0.717, 1.165) is 38.8 Å². The lowest BCUT2D eigenvalue weighted by Gasteiger charge is -2.37. The van der Waals surface area contributed by atoms with Crippen LogP contribution >= 0.6 is 0 Å². The van der Waals surface area contributed by atoms with Crippen LogP contribution < -0.4 is 0 Å². The van der Waals surface area contributed by atoms with E-state index < -0.39 is 11.9 Å². The number of hydrogen-bond donors (Lipinski definition) is 1. The van der Waals surface area contributed by atoms with Crippen LogP contribution in [0.2, 0.25) is 0 Å². The van der Waals surface area contributed by atoms with Gasteiger partial charge in [0.25, 0.3) is 0 Å². The maximum atomic E-state index is 12.0. The van der Waals surface area contributed by atoms with Crippen molar-refractivity contribution < 1.29 is 14.7 Å². The molecule has 0 aromatic heterocycles. The van der Waals surface area contributed by atoms with Gasteiger partial charge in [-0.2, -0.15) is 0 Å². The number of carboxylic acids is 1. The minimum absolute atomic E-state index is 0.0772. The second-order valence-electron chi connectivity index (χ2n) is 4.51. The normalized spacial score (nSPS) is 30.8. The Hall–Kier alpha value is -1.06. The standard InChI is InChI=1S/C11H17NO3/c13-10(12-6-3-7-12)8-4-1-2-5-9(8)11(14)15/h8-9H,1-7H2,(H,14,15)/t8-,9+/m0/s1. The summed E-state index contributed by atoms with van der Waals surface area (Å²) < 4.78 is 0. The minimum Gasteiger partial charge on any atom is -0.481 e. The smallest absolute Gasteiger partial charge is 0.307 e. The summed E-state index contributed by atoms with van der Waals surface area (Å²) in [6.45, 7) is 1.64. The van der Waals surface area contributed by atoms with E-state index in [2.05, 4.69) is 0 Å². The minimum atomic E-state index is -0.798. The Kier molecular flexibility index (Phi) is 2.93. The molecule has 84 valence electrons. The van der Waals surface area contributed by atoms with E-state index in [1.54, 1.807) is 4.90 Å². The van der Waals surface area contributed by atoms with Crippen LogP contribution in [0, 0.1) is 11.8 Å². The summed E-state index contributed by atoms with van der Waals surface area (Å²) in [5.41, 5.74) is 0. The first kappa shape index (κ1) is 10.5. The van der Waals surface area contributed by atoms with Crippen LogP contribution in [0.1, 0.15) is 32.1 Å². The molecule has 0 aromatic carbocycles. The molecular formula is C11H17NO3. The van der Waals surface area contributed by atoms with Crippen molar-refractivity contribution in [2.24, 2.45) is 11.8 Å². The van der Waals surface area contributed by atoms with Crippen molar-refractivity contribution in [3.8, 4) is 0 Å². The van der Waals surface area contributed by atoms with Gasteiger partial charge in [-0.25, -0.2) is 0 Å². The highest BCUT2D eigenvalue weighted by atomic mass is 16.4. The van der Waals surface area contributed by atoms with Gasteiger partial charge in [-0.1, -0.05) is 12.8 Å². The third-order valence-corrected chi connectivity index (χ3v) is 3.57. The number of carbonyl (C=O) groups is 2. The topological polar surface area (TPSA) is 57.6 Å². The van der Waals surface area contributed by atoms with Gasteiger partial charge in [0.05, 0.1) is 11.8 Å². The van der Waals surface area contributed by atoms with Crippen molar-refractivity contribution in [2.45, 2.75) is 32.1 Å². The fraction of sp³-hybridized carbons (Fsp3) is 0.818. The van der Waals surface area contributed by atoms with Gasteiger partial charge in [0, 0.05) is 13.1 Å². The molecule has 0 bridgehead atoms. The number of hydrogen-bond acceptors (Lipinski definition) is 2. The third kappa shape index (κ3) is 1.98. The molecule has 1 aliphatic carbocycles. The van der Waals surface area contributed by atoms with Crippen molar-refractivity contribution in [3.63, 3.8) is 0 Å². The number of rotatable bonds is 2. The maximum Gasteiger partial charge on any atom is 0.307 e. The summed E-state index contributed by atoms with van der Waals surface area (Å²) in [5.74, 6) is -1.41. The lowest BCUT2D eigenvalue weighted by atomic mass is 9.78. The molecule has 2 rings (SSSR count).